The maximum atomic E-state index is 12.6. The number of anilines is 1. The normalized spacial score (nSPS) is 15.9. The Morgan fingerprint density at radius 3 is 2.64 bits per heavy atom. The molecule has 1 aliphatic rings. The van der Waals surface area contributed by atoms with Gasteiger partial charge in [-0.2, -0.15) is 0 Å². The van der Waals surface area contributed by atoms with E-state index in [9.17, 15) is 4.79 Å². The third-order valence-corrected chi connectivity index (χ3v) is 6.15. The van der Waals surface area contributed by atoms with Crippen LogP contribution in [-0.4, -0.2) is 47.6 Å². The van der Waals surface area contributed by atoms with Crippen LogP contribution >= 0.6 is 0 Å². The molecule has 1 unspecified atom stereocenters. The van der Waals surface area contributed by atoms with Crippen molar-refractivity contribution in [3.05, 3.63) is 84.1 Å². The van der Waals surface area contributed by atoms with Crippen LogP contribution < -0.4 is 4.90 Å². The molecule has 0 saturated carbocycles. The number of hydrogen-bond acceptors (Lipinski definition) is 5. The van der Waals surface area contributed by atoms with E-state index < -0.39 is 0 Å². The highest BCUT2D eigenvalue weighted by atomic mass is 16.5. The average molecular weight is 444 g/mol. The Balaban J connectivity index is 1.46. The molecule has 0 radical (unpaired) electrons. The molecule has 33 heavy (non-hydrogen) atoms. The molecule has 0 N–H and O–H groups in total. The van der Waals surface area contributed by atoms with Gasteiger partial charge in [-0.1, -0.05) is 55.5 Å². The summed E-state index contributed by atoms with van der Waals surface area (Å²) >= 11 is 0. The van der Waals surface area contributed by atoms with Gasteiger partial charge in [0, 0.05) is 31.9 Å². The molecule has 4 rings (SSSR count). The molecule has 2 heterocycles. The third kappa shape index (κ3) is 5.60. The van der Waals surface area contributed by atoms with Gasteiger partial charge in [-0.3, -0.25) is 4.90 Å². The van der Waals surface area contributed by atoms with Crippen LogP contribution in [0.25, 0.3) is 11.1 Å². The summed E-state index contributed by atoms with van der Waals surface area (Å²) in [6.45, 7) is 9.56. The maximum Gasteiger partial charge on any atom is 0.342 e. The maximum absolute atomic E-state index is 12.6. The molecule has 1 saturated heterocycles. The molecule has 0 spiro atoms. The van der Waals surface area contributed by atoms with Crippen LogP contribution in [0.4, 0.5) is 5.82 Å². The highest BCUT2D eigenvalue weighted by Crippen LogP contribution is 2.27. The number of ether oxygens (including phenoxy) is 1. The predicted molar refractivity (Wildman–Crippen MR) is 133 cm³/mol. The minimum atomic E-state index is -0.304. The van der Waals surface area contributed by atoms with E-state index in [-0.39, 0.29) is 12.1 Å². The fourth-order valence-corrected chi connectivity index (χ4v) is 4.53. The second kappa shape index (κ2) is 10.6. The first-order valence-electron chi connectivity index (χ1n) is 11.8. The van der Waals surface area contributed by atoms with Gasteiger partial charge < -0.3 is 9.64 Å². The van der Waals surface area contributed by atoms with E-state index >= 15 is 0 Å². The largest absolute Gasteiger partial charge is 0.459 e. The number of pyridine rings is 1. The van der Waals surface area contributed by atoms with Gasteiger partial charge in [0.25, 0.3) is 0 Å². The fourth-order valence-electron chi connectivity index (χ4n) is 4.53. The number of likely N-dealkylation sites (N-methyl/N-ethyl adjacent to an activating group) is 1. The van der Waals surface area contributed by atoms with Crippen LogP contribution in [0, 0.1) is 0 Å². The molecule has 0 aliphatic carbocycles. The van der Waals surface area contributed by atoms with E-state index in [1.807, 2.05) is 26.0 Å². The Morgan fingerprint density at radius 1 is 1.09 bits per heavy atom. The topological polar surface area (TPSA) is 45.7 Å². The summed E-state index contributed by atoms with van der Waals surface area (Å²) in [4.78, 5) is 21.9. The predicted octanol–water partition coefficient (Wildman–Crippen LogP) is 5.41. The lowest BCUT2D eigenvalue weighted by atomic mass is 10.0. The zero-order valence-corrected chi connectivity index (χ0v) is 19.8. The van der Waals surface area contributed by atoms with Crippen LogP contribution in [0.2, 0.25) is 0 Å². The van der Waals surface area contributed by atoms with Crippen LogP contribution in [0.15, 0.2) is 72.9 Å². The van der Waals surface area contributed by atoms with E-state index in [1.165, 1.54) is 16.7 Å². The minimum absolute atomic E-state index is 0.154. The lowest BCUT2D eigenvalue weighted by molar-refractivity contribution is 0.0378. The lowest BCUT2D eigenvalue weighted by Gasteiger charge is -2.28. The summed E-state index contributed by atoms with van der Waals surface area (Å²) in [6.07, 6.45) is 2.64. The molecule has 1 atom stereocenters. The number of hydrogen-bond donors (Lipinski definition) is 0. The molecular weight excluding hydrogens is 410 g/mol. The first-order valence-corrected chi connectivity index (χ1v) is 11.8. The van der Waals surface area contributed by atoms with Gasteiger partial charge in [0.05, 0.1) is 6.10 Å². The Bertz CT molecular complexity index is 1070. The number of benzene rings is 2. The summed E-state index contributed by atoms with van der Waals surface area (Å²) < 4.78 is 5.44. The van der Waals surface area contributed by atoms with E-state index in [0.29, 0.717) is 11.6 Å². The second-order valence-electron chi connectivity index (χ2n) is 8.85. The van der Waals surface area contributed by atoms with Crippen molar-refractivity contribution >= 4 is 11.8 Å². The number of aromatic nitrogens is 1. The molecule has 5 nitrogen and oxygen atoms in total. The fraction of sp³-hybridized carbons (Fsp3) is 0.357. The van der Waals surface area contributed by atoms with Gasteiger partial charge in [-0.15, -0.1) is 0 Å². The quantitative estimate of drug-likeness (QED) is 0.435. The van der Waals surface area contributed by atoms with Crippen molar-refractivity contribution in [1.29, 1.82) is 0 Å². The minimum Gasteiger partial charge on any atom is -0.459 e. The summed E-state index contributed by atoms with van der Waals surface area (Å²) in [7, 11) is 0. The SMILES string of the molecule is CCN(Cc1cccc(-c2ccccc2)c1)C1CCN(c2ncccc2C(=O)OC(C)C)C1. The number of esters is 1. The Kier molecular flexibility index (Phi) is 7.40. The Morgan fingerprint density at radius 2 is 1.88 bits per heavy atom. The number of carbonyl (C=O) groups excluding carboxylic acids is 1. The van der Waals surface area contributed by atoms with Crippen LogP contribution in [0.5, 0.6) is 0 Å². The molecule has 2 aromatic carbocycles. The second-order valence-corrected chi connectivity index (χ2v) is 8.85. The highest BCUT2D eigenvalue weighted by molar-refractivity contribution is 5.95. The number of carbonyl (C=O) groups is 1. The highest BCUT2D eigenvalue weighted by Gasteiger charge is 2.30. The van der Waals surface area contributed by atoms with E-state index in [4.69, 9.17) is 4.74 Å². The van der Waals surface area contributed by atoms with Gasteiger partial charge in [-0.25, -0.2) is 9.78 Å². The smallest absolute Gasteiger partial charge is 0.342 e. The van der Waals surface area contributed by atoms with Gasteiger partial charge >= 0.3 is 5.97 Å². The van der Waals surface area contributed by atoms with Gasteiger partial charge in [-0.05, 0) is 61.7 Å². The van der Waals surface area contributed by atoms with Crippen LogP contribution in [-0.2, 0) is 11.3 Å². The molecule has 1 fully saturated rings. The zero-order valence-electron chi connectivity index (χ0n) is 19.8. The standard InChI is InChI=1S/C28H33N3O2/c1-4-30(19-22-10-8-13-24(18-22)23-11-6-5-7-12-23)25-15-17-31(20-25)27-26(14-9-16-29-27)28(32)33-21(2)3/h5-14,16,18,21,25H,4,15,17,19-20H2,1-3H3. The van der Waals surface area contributed by atoms with Gasteiger partial charge in [0.1, 0.15) is 11.4 Å². The summed E-state index contributed by atoms with van der Waals surface area (Å²) in [6, 6.07) is 23.4. The Labute approximate surface area is 197 Å². The zero-order chi connectivity index (χ0) is 23.2. The molecule has 3 aromatic rings. The van der Waals surface area contributed by atoms with E-state index in [0.717, 1.165) is 38.4 Å². The van der Waals surface area contributed by atoms with E-state index in [1.54, 1.807) is 12.3 Å². The molecule has 0 amide bonds. The molecule has 1 aromatic heterocycles. The van der Waals surface area contributed by atoms with Crippen molar-refractivity contribution < 1.29 is 9.53 Å². The molecule has 1 aliphatic heterocycles. The van der Waals surface area contributed by atoms with Gasteiger partial charge in [0.15, 0.2) is 0 Å². The third-order valence-electron chi connectivity index (χ3n) is 6.15. The van der Waals surface area contributed by atoms with Crippen molar-refractivity contribution in [2.24, 2.45) is 0 Å². The summed E-state index contributed by atoms with van der Waals surface area (Å²) in [5.41, 5.74) is 4.35. The summed E-state index contributed by atoms with van der Waals surface area (Å²) in [5.74, 6) is 0.425. The van der Waals surface area contributed by atoms with Crippen LogP contribution in [0.1, 0.15) is 43.1 Å². The molecular formula is C28H33N3O2. The lowest BCUT2D eigenvalue weighted by Crippen LogP contribution is -2.37. The monoisotopic (exact) mass is 443 g/mol. The molecule has 0 bridgehead atoms. The number of rotatable bonds is 8. The average Bonchev–Trinajstić information content (AvgIpc) is 3.33. The summed E-state index contributed by atoms with van der Waals surface area (Å²) in [5, 5.41) is 0. The van der Waals surface area contributed by atoms with Gasteiger partial charge in [0.2, 0.25) is 0 Å². The van der Waals surface area contributed by atoms with E-state index in [2.05, 4.69) is 70.2 Å². The van der Waals surface area contributed by atoms with Crippen molar-refractivity contribution in [1.82, 2.24) is 9.88 Å². The van der Waals surface area contributed by atoms with Crippen molar-refractivity contribution in [2.75, 3.05) is 24.5 Å². The van der Waals surface area contributed by atoms with Crippen molar-refractivity contribution in [3.8, 4) is 11.1 Å². The van der Waals surface area contributed by atoms with Crippen LogP contribution in [0.3, 0.4) is 0 Å². The van der Waals surface area contributed by atoms with Crippen molar-refractivity contribution in [2.45, 2.75) is 45.9 Å². The molecule has 172 valence electrons. The number of nitrogens with zero attached hydrogens (tertiary/aromatic N) is 3. The first kappa shape index (κ1) is 23.0. The van der Waals surface area contributed by atoms with Crippen molar-refractivity contribution in [3.63, 3.8) is 0 Å². The Hall–Kier alpha value is -3.18. The molecule has 5 heteroatoms. The first-order chi connectivity index (χ1) is 16.0.